The normalized spacial score (nSPS) is 13.0. The Labute approximate surface area is 379 Å². The second kappa shape index (κ2) is 37.3. The fourth-order valence-electron chi connectivity index (χ4n) is 8.57. The van der Waals surface area contributed by atoms with Crippen molar-refractivity contribution in [2.75, 3.05) is 0 Å². The first-order chi connectivity index (χ1) is 29.6. The van der Waals surface area contributed by atoms with Gasteiger partial charge in [0.1, 0.15) is 0 Å². The number of hydrogen-bond acceptors (Lipinski definition) is 0. The standard InChI is InChI=1S/C53H84N2.2C2H5.Ni/c1-5-9-13-15-17-18-19-20-21-22-23-24-25-26-27-28-29-31-33-43-51-50(42-32-30-16-14-10-6-2)52(48-40-34-38-46(44-48)36-11-7-3)55(54)53(51)49-41-35-39-47(45-49)37-12-8-4;2*1-2;/h33-35,38-41,43-45H,5-32,36-37,42H2,1-4H3;2*1H2,2H3;. The van der Waals surface area contributed by atoms with E-state index in [0.717, 1.165) is 54.6 Å². The molecule has 1 heterocycles. The Hall–Kier alpha value is -2.25. The quantitative estimate of drug-likeness (QED) is 0.0370. The van der Waals surface area contributed by atoms with Gasteiger partial charge in [-0.1, -0.05) is 212 Å². The zero-order valence-electron chi connectivity index (χ0n) is 40.3. The number of rotatable bonds is 36. The van der Waals surface area contributed by atoms with Gasteiger partial charge in [-0.2, -0.15) is 0 Å². The van der Waals surface area contributed by atoms with Gasteiger partial charge in [0.15, 0.2) is 0 Å². The van der Waals surface area contributed by atoms with Crippen molar-refractivity contribution in [1.82, 2.24) is 0 Å². The van der Waals surface area contributed by atoms with E-state index in [1.807, 2.05) is 14.4 Å². The van der Waals surface area contributed by atoms with Crippen LogP contribution in [0, 0.1) is 0 Å². The van der Waals surface area contributed by atoms with Crippen molar-refractivity contribution in [2.45, 2.75) is 251 Å². The van der Waals surface area contributed by atoms with Crippen LogP contribution in [0.15, 0.2) is 71.8 Å². The molecule has 0 N–H and O–H groups in total. The van der Waals surface area contributed by atoms with Crippen LogP contribution < -0.4 is 0 Å². The number of unbranched alkanes of at least 4 members (excludes halogenated alkanes) is 24. The Morgan fingerprint density at radius 3 is 1.27 bits per heavy atom. The first-order valence-corrected chi connectivity index (χ1v) is 27.2. The molecule has 1 aliphatic heterocycles. The summed E-state index contributed by atoms with van der Waals surface area (Å²) in [6.07, 6.45) is 45.4. The third kappa shape index (κ3) is 23.3. The van der Waals surface area contributed by atoms with E-state index in [1.165, 1.54) is 200 Å². The van der Waals surface area contributed by atoms with Gasteiger partial charge in [0, 0.05) is 16.7 Å². The van der Waals surface area contributed by atoms with Crippen molar-refractivity contribution < 1.29 is 19.1 Å². The van der Waals surface area contributed by atoms with E-state index in [9.17, 15) is 5.53 Å². The first-order valence-electron chi connectivity index (χ1n) is 25.8. The number of allylic oxidation sites excluding steroid dienone is 4. The Morgan fingerprint density at radius 1 is 0.450 bits per heavy atom. The van der Waals surface area contributed by atoms with E-state index in [1.54, 1.807) is 4.70 Å². The van der Waals surface area contributed by atoms with Gasteiger partial charge in [0.25, 0.3) is 0 Å². The molecule has 0 saturated carbocycles. The molecule has 2 nitrogen and oxygen atoms in total. The fraction of sp³-hybridized carbons (Fsp3) is 0.684. The van der Waals surface area contributed by atoms with Crippen LogP contribution in [0.5, 0.6) is 0 Å². The van der Waals surface area contributed by atoms with Gasteiger partial charge in [-0.25, -0.2) is 4.70 Å². The Kier molecular flexibility index (Phi) is 33.5. The summed E-state index contributed by atoms with van der Waals surface area (Å²) in [7, 11) is 0. The van der Waals surface area contributed by atoms with Crippen LogP contribution in [0.1, 0.15) is 250 Å². The Morgan fingerprint density at radius 2 is 0.850 bits per heavy atom. The molecule has 0 saturated heterocycles. The summed E-state index contributed by atoms with van der Waals surface area (Å²) in [5.41, 5.74) is 21.8. The molecule has 0 aliphatic carbocycles. The summed E-state index contributed by atoms with van der Waals surface area (Å²) < 4.78 is 1.57. The van der Waals surface area contributed by atoms with Crippen molar-refractivity contribution in [1.29, 1.82) is 0 Å². The maximum absolute atomic E-state index is 12.2. The molecule has 0 unspecified atom stereocenters. The molecular weight excluding hydrogens is 771 g/mol. The Balaban J connectivity index is 0.00000233. The van der Waals surface area contributed by atoms with Crippen molar-refractivity contribution in [2.24, 2.45) is 0 Å². The van der Waals surface area contributed by atoms with E-state index in [2.05, 4.69) is 102 Å². The summed E-state index contributed by atoms with van der Waals surface area (Å²) in [6, 6.07) is 18.0. The van der Waals surface area contributed by atoms with E-state index >= 15 is 0 Å². The second-order valence-corrected chi connectivity index (χ2v) is 19.4. The molecule has 0 atom stereocenters. The number of hydrogen-bond donors (Lipinski definition) is 0. The molecule has 2 aromatic carbocycles. The number of nitrogens with zero attached hydrogens (tertiary/aromatic N) is 2. The van der Waals surface area contributed by atoms with E-state index < -0.39 is 0 Å². The molecule has 1 aliphatic rings. The van der Waals surface area contributed by atoms with Gasteiger partial charge in [-0.3, -0.25) is 0 Å². The fourth-order valence-corrected chi connectivity index (χ4v) is 9.06. The van der Waals surface area contributed by atoms with Gasteiger partial charge in [0.05, 0.1) is 5.57 Å². The topological polar surface area (TPSA) is 25.3 Å². The molecule has 0 amide bonds. The first kappa shape index (κ1) is 53.9. The minimum atomic E-state index is 0.965. The van der Waals surface area contributed by atoms with Crippen LogP contribution in [0.4, 0.5) is 0 Å². The van der Waals surface area contributed by atoms with Gasteiger partial charge in [0.2, 0.25) is 11.4 Å². The summed E-state index contributed by atoms with van der Waals surface area (Å²) in [4.78, 5) is 0. The molecular formula is C57H94N2Ni. The van der Waals surface area contributed by atoms with Crippen LogP contribution in [0.3, 0.4) is 0 Å². The molecule has 3 heteroatoms. The molecule has 0 spiro atoms. The predicted molar refractivity (Wildman–Crippen MR) is 264 cm³/mol. The van der Waals surface area contributed by atoms with Crippen LogP contribution in [0.25, 0.3) is 16.9 Å². The minimum absolute atomic E-state index is 0.965. The van der Waals surface area contributed by atoms with Crippen molar-refractivity contribution >= 4 is 11.4 Å². The van der Waals surface area contributed by atoms with Crippen LogP contribution in [0.2, 0.25) is 10.8 Å². The molecule has 0 fully saturated rings. The van der Waals surface area contributed by atoms with E-state index in [0.29, 0.717) is 0 Å². The third-order valence-electron chi connectivity index (χ3n) is 12.2. The van der Waals surface area contributed by atoms with Crippen molar-refractivity contribution in [3.05, 3.63) is 99.6 Å². The molecule has 0 bridgehead atoms. The third-order valence-corrected chi connectivity index (χ3v) is 13.2. The van der Waals surface area contributed by atoms with Gasteiger partial charge >= 0.3 is 39.1 Å². The summed E-state index contributed by atoms with van der Waals surface area (Å²) in [5.74, 6) is 0. The Bertz CT molecular complexity index is 1460. The van der Waals surface area contributed by atoms with Gasteiger partial charge in [-0.15, -0.1) is 0 Å². The van der Waals surface area contributed by atoms with E-state index in [4.69, 9.17) is 0 Å². The van der Waals surface area contributed by atoms with Crippen molar-refractivity contribution in [3.63, 3.8) is 0 Å². The maximum atomic E-state index is 12.2. The van der Waals surface area contributed by atoms with Gasteiger partial charge in [-0.05, 0) is 86.8 Å². The average Bonchev–Trinajstić information content (AvgIpc) is 3.54. The summed E-state index contributed by atoms with van der Waals surface area (Å²) >= 11 is 1.82. The van der Waals surface area contributed by atoms with Crippen LogP contribution >= 0.6 is 0 Å². The predicted octanol–water partition coefficient (Wildman–Crippen LogP) is 19.8. The van der Waals surface area contributed by atoms with Crippen molar-refractivity contribution in [3.8, 4) is 0 Å². The zero-order valence-corrected chi connectivity index (χ0v) is 41.3. The molecule has 0 radical (unpaired) electrons. The average molecular weight is 866 g/mol. The number of aryl methyl sites for hydroxylation is 2. The van der Waals surface area contributed by atoms with Crippen LogP contribution in [-0.4, -0.2) is 4.70 Å². The number of benzene rings is 2. The van der Waals surface area contributed by atoms with Crippen LogP contribution in [-0.2, 0) is 27.3 Å². The second-order valence-electron chi connectivity index (χ2n) is 17.5. The SMILES string of the molecule is CCCCCCCCCCCCCCCCCCCC=CC1=C(c2cccc(CCCC)c2)[N+](=[N-])C(c2cccc(CCCC)c2)=C1CCCCCCCC.C[CH2][Ni][CH2]C. The molecule has 2 aromatic rings. The monoisotopic (exact) mass is 865 g/mol. The molecule has 3 rings (SSSR count). The molecule has 60 heavy (non-hydrogen) atoms. The van der Waals surface area contributed by atoms with Gasteiger partial charge < -0.3 is 5.53 Å². The van der Waals surface area contributed by atoms with E-state index in [-0.39, 0.29) is 0 Å². The zero-order chi connectivity index (χ0) is 43.3. The summed E-state index contributed by atoms with van der Waals surface area (Å²) in [5, 5.41) is 2.56. The molecule has 0 aromatic heterocycles. The summed E-state index contributed by atoms with van der Waals surface area (Å²) in [6.45, 7) is 13.5. The molecule has 342 valence electrons.